The van der Waals surface area contributed by atoms with E-state index in [9.17, 15) is 0 Å². The molecule has 0 aliphatic heterocycles. The van der Waals surface area contributed by atoms with Gasteiger partial charge in [-0.3, -0.25) is 0 Å². The van der Waals surface area contributed by atoms with E-state index in [1.54, 1.807) is 0 Å². The van der Waals surface area contributed by atoms with E-state index in [0.29, 0.717) is 24.5 Å². The lowest BCUT2D eigenvalue weighted by atomic mass is 10.1. The molecule has 0 amide bonds. The first-order valence-electron chi connectivity index (χ1n) is 5.91. The van der Waals surface area contributed by atoms with Gasteiger partial charge in [-0.05, 0) is 32.9 Å². The van der Waals surface area contributed by atoms with Crippen molar-refractivity contribution < 1.29 is 14.7 Å². The first-order chi connectivity index (χ1) is 8.58. The van der Waals surface area contributed by atoms with Crippen molar-refractivity contribution in [2.45, 2.75) is 26.9 Å². The summed E-state index contributed by atoms with van der Waals surface area (Å²) in [6.45, 7) is 6.92. The van der Waals surface area contributed by atoms with Crippen LogP contribution in [0.4, 0.5) is 0 Å². The van der Waals surface area contributed by atoms with Crippen molar-refractivity contribution in [2.24, 2.45) is 10.9 Å². The minimum atomic E-state index is -0.0992. The molecule has 5 nitrogen and oxygen atoms in total. The molecule has 0 aromatic heterocycles. The summed E-state index contributed by atoms with van der Waals surface area (Å²) in [7, 11) is 0. The van der Waals surface area contributed by atoms with Crippen molar-refractivity contribution in [3.63, 3.8) is 0 Å². The third-order valence-corrected chi connectivity index (χ3v) is 2.40. The predicted molar refractivity (Wildman–Crippen MR) is 70.3 cm³/mol. The molecule has 5 heteroatoms. The molecule has 1 aromatic carbocycles. The van der Waals surface area contributed by atoms with Crippen molar-refractivity contribution in [1.29, 1.82) is 0 Å². The van der Waals surface area contributed by atoms with Gasteiger partial charge in [0.2, 0.25) is 0 Å². The highest BCUT2D eigenvalue weighted by Crippen LogP contribution is 2.21. The molecular formula is C13H20N2O3. The van der Waals surface area contributed by atoms with Gasteiger partial charge in [-0.25, -0.2) is 0 Å². The van der Waals surface area contributed by atoms with E-state index in [2.05, 4.69) is 5.16 Å². The third-order valence-electron chi connectivity index (χ3n) is 2.40. The Bertz CT molecular complexity index is 419. The molecule has 18 heavy (non-hydrogen) atoms. The molecule has 1 atom stereocenters. The number of hydrogen-bond acceptors (Lipinski definition) is 4. The van der Waals surface area contributed by atoms with Crippen molar-refractivity contribution in [2.75, 3.05) is 13.2 Å². The van der Waals surface area contributed by atoms with Gasteiger partial charge in [0.05, 0.1) is 12.2 Å². The lowest BCUT2D eigenvalue weighted by molar-refractivity contribution is 0.0656. The standard InChI is InChI=1S/C13H20N2O3/c1-4-17-8-10(3)18-12-6-5-9(2)7-11(12)13(14)15-16/h5-7,10,16H,4,8H2,1-3H3,(H2,14,15). The van der Waals surface area contributed by atoms with E-state index in [1.807, 2.05) is 39.0 Å². The van der Waals surface area contributed by atoms with Crippen LogP contribution in [0.1, 0.15) is 25.0 Å². The Kier molecular flexibility index (Phi) is 5.45. The maximum Gasteiger partial charge on any atom is 0.173 e. The summed E-state index contributed by atoms with van der Waals surface area (Å²) in [5.74, 6) is 0.625. The second-order valence-corrected chi connectivity index (χ2v) is 4.07. The summed E-state index contributed by atoms with van der Waals surface area (Å²) in [6, 6.07) is 5.54. The van der Waals surface area contributed by atoms with Gasteiger partial charge in [0.15, 0.2) is 5.84 Å². The van der Waals surface area contributed by atoms with Gasteiger partial charge in [-0.1, -0.05) is 16.8 Å². The van der Waals surface area contributed by atoms with Gasteiger partial charge in [0, 0.05) is 6.61 Å². The molecule has 0 aliphatic rings. The van der Waals surface area contributed by atoms with Crippen LogP contribution >= 0.6 is 0 Å². The zero-order valence-corrected chi connectivity index (χ0v) is 11.0. The van der Waals surface area contributed by atoms with E-state index in [4.69, 9.17) is 20.4 Å². The highest BCUT2D eigenvalue weighted by molar-refractivity contribution is 5.99. The van der Waals surface area contributed by atoms with Gasteiger partial charge in [0.1, 0.15) is 11.9 Å². The summed E-state index contributed by atoms with van der Waals surface area (Å²) in [5.41, 5.74) is 7.23. The number of benzene rings is 1. The van der Waals surface area contributed by atoms with E-state index >= 15 is 0 Å². The summed E-state index contributed by atoms with van der Waals surface area (Å²) >= 11 is 0. The van der Waals surface area contributed by atoms with Gasteiger partial charge < -0.3 is 20.4 Å². The molecule has 0 radical (unpaired) electrons. The average molecular weight is 252 g/mol. The fraction of sp³-hybridized carbons (Fsp3) is 0.462. The summed E-state index contributed by atoms with van der Waals surface area (Å²) in [5, 5.41) is 11.8. The number of oxime groups is 1. The molecule has 0 heterocycles. The third kappa shape index (κ3) is 3.92. The SMILES string of the molecule is CCOCC(C)Oc1ccc(C)cc1/C(N)=N/O. The number of nitrogens with two attached hydrogens (primary N) is 1. The highest BCUT2D eigenvalue weighted by atomic mass is 16.5. The van der Waals surface area contributed by atoms with Crippen LogP contribution in [0, 0.1) is 6.92 Å². The summed E-state index contributed by atoms with van der Waals surface area (Å²) in [4.78, 5) is 0. The minimum absolute atomic E-state index is 0.0392. The second-order valence-electron chi connectivity index (χ2n) is 4.07. The number of amidine groups is 1. The molecule has 0 fully saturated rings. The number of hydrogen-bond donors (Lipinski definition) is 2. The Labute approximate surface area is 107 Å². The van der Waals surface area contributed by atoms with Crippen molar-refractivity contribution >= 4 is 5.84 Å². The van der Waals surface area contributed by atoms with Crippen LogP contribution < -0.4 is 10.5 Å². The number of rotatable bonds is 6. The number of aryl methyl sites for hydroxylation is 1. The molecule has 1 rings (SSSR count). The molecule has 0 bridgehead atoms. The minimum Gasteiger partial charge on any atom is -0.488 e. The van der Waals surface area contributed by atoms with Crippen LogP contribution in [-0.4, -0.2) is 30.4 Å². The fourth-order valence-corrected chi connectivity index (χ4v) is 1.54. The van der Waals surface area contributed by atoms with E-state index in [1.165, 1.54) is 0 Å². The first-order valence-corrected chi connectivity index (χ1v) is 5.91. The largest absolute Gasteiger partial charge is 0.488 e. The predicted octanol–water partition coefficient (Wildman–Crippen LogP) is 1.89. The Morgan fingerprint density at radius 3 is 2.83 bits per heavy atom. The zero-order chi connectivity index (χ0) is 13.5. The molecule has 1 unspecified atom stereocenters. The Balaban J connectivity index is 2.87. The molecule has 0 saturated heterocycles. The monoisotopic (exact) mass is 252 g/mol. The Morgan fingerprint density at radius 2 is 2.22 bits per heavy atom. The molecule has 1 aromatic rings. The van der Waals surface area contributed by atoms with E-state index in [0.717, 1.165) is 5.56 Å². The van der Waals surface area contributed by atoms with Crippen molar-refractivity contribution in [3.05, 3.63) is 29.3 Å². The van der Waals surface area contributed by atoms with Crippen molar-refractivity contribution in [3.8, 4) is 5.75 Å². The summed E-state index contributed by atoms with van der Waals surface area (Å²) in [6.07, 6.45) is -0.0992. The lowest BCUT2D eigenvalue weighted by Gasteiger charge is -2.17. The second kappa shape index (κ2) is 6.86. The van der Waals surface area contributed by atoms with Crippen LogP contribution in [0.2, 0.25) is 0 Å². The van der Waals surface area contributed by atoms with Gasteiger partial charge in [0.25, 0.3) is 0 Å². The smallest absolute Gasteiger partial charge is 0.173 e. The normalized spacial score (nSPS) is 13.4. The summed E-state index contributed by atoms with van der Waals surface area (Å²) < 4.78 is 11.0. The quantitative estimate of drug-likeness (QED) is 0.351. The first kappa shape index (κ1) is 14.3. The number of nitrogens with zero attached hydrogens (tertiary/aromatic N) is 1. The van der Waals surface area contributed by atoms with Crippen LogP contribution in [0.3, 0.4) is 0 Å². The van der Waals surface area contributed by atoms with Gasteiger partial charge in [-0.2, -0.15) is 0 Å². The topological polar surface area (TPSA) is 77.1 Å². The van der Waals surface area contributed by atoms with Crippen LogP contribution in [0.25, 0.3) is 0 Å². The fourth-order valence-electron chi connectivity index (χ4n) is 1.54. The van der Waals surface area contributed by atoms with Crippen LogP contribution in [-0.2, 0) is 4.74 Å². The molecule has 0 aliphatic carbocycles. The highest BCUT2D eigenvalue weighted by Gasteiger charge is 2.12. The van der Waals surface area contributed by atoms with Crippen LogP contribution in [0.5, 0.6) is 5.75 Å². The zero-order valence-electron chi connectivity index (χ0n) is 11.0. The molecule has 3 N–H and O–H groups in total. The lowest BCUT2D eigenvalue weighted by Crippen LogP contribution is -2.22. The average Bonchev–Trinajstić information content (AvgIpc) is 2.37. The van der Waals surface area contributed by atoms with Gasteiger partial charge in [-0.15, -0.1) is 0 Å². The van der Waals surface area contributed by atoms with Crippen LogP contribution in [0.15, 0.2) is 23.4 Å². The van der Waals surface area contributed by atoms with Gasteiger partial charge >= 0.3 is 0 Å². The Hall–Kier alpha value is -1.75. The molecule has 100 valence electrons. The van der Waals surface area contributed by atoms with E-state index < -0.39 is 0 Å². The molecule has 0 spiro atoms. The van der Waals surface area contributed by atoms with Crippen molar-refractivity contribution in [1.82, 2.24) is 0 Å². The maximum absolute atomic E-state index is 8.76. The molecule has 0 saturated carbocycles. The molecular weight excluding hydrogens is 232 g/mol. The maximum atomic E-state index is 8.76. The van der Waals surface area contributed by atoms with E-state index in [-0.39, 0.29) is 11.9 Å². The number of ether oxygens (including phenoxy) is 2. The Morgan fingerprint density at radius 1 is 1.50 bits per heavy atom.